The third-order valence-electron chi connectivity index (χ3n) is 3.81. The number of carbonyl (C=O) groups is 2. The summed E-state index contributed by atoms with van der Waals surface area (Å²) in [7, 11) is 0. The molecule has 1 aliphatic heterocycles. The van der Waals surface area contributed by atoms with Crippen LogP contribution in [0.2, 0.25) is 0 Å². The summed E-state index contributed by atoms with van der Waals surface area (Å²) in [6.45, 7) is 2.65. The van der Waals surface area contributed by atoms with Crippen LogP contribution in [-0.4, -0.2) is 45.1 Å². The van der Waals surface area contributed by atoms with Crippen molar-refractivity contribution in [3.05, 3.63) is 18.7 Å². The summed E-state index contributed by atoms with van der Waals surface area (Å²) in [5.41, 5.74) is -0.330. The fraction of sp³-hybridized carbons (Fsp3) is 0.538. The number of aromatic nitrogens is 2. The largest absolute Gasteiger partial charge is 0.481 e. The van der Waals surface area contributed by atoms with Crippen LogP contribution in [0.25, 0.3) is 0 Å². The molecule has 1 aromatic heterocycles. The average molecular weight is 278 g/mol. The number of aliphatic carboxylic acids is 1. The van der Waals surface area contributed by atoms with Gasteiger partial charge in [0.15, 0.2) is 0 Å². The highest BCUT2D eigenvalue weighted by molar-refractivity contribution is 5.89. The highest BCUT2D eigenvalue weighted by Crippen LogP contribution is 2.33. The average Bonchev–Trinajstić information content (AvgIpc) is 2.48. The number of nitrogens with zero attached hydrogens (tertiary/aromatic N) is 3. The van der Waals surface area contributed by atoms with Gasteiger partial charge in [-0.25, -0.2) is 14.8 Å². The Morgan fingerprint density at radius 1 is 1.45 bits per heavy atom. The topological polar surface area (TPSA) is 95.4 Å². The molecule has 1 unspecified atom stereocenters. The number of carbonyl (C=O) groups excluding carboxylic acids is 1. The molecule has 1 aromatic rings. The van der Waals surface area contributed by atoms with E-state index in [1.807, 2.05) is 6.92 Å². The Morgan fingerprint density at radius 2 is 2.15 bits per heavy atom. The van der Waals surface area contributed by atoms with Gasteiger partial charge < -0.3 is 15.3 Å². The van der Waals surface area contributed by atoms with E-state index in [1.54, 1.807) is 4.90 Å². The lowest BCUT2D eigenvalue weighted by Gasteiger charge is -2.39. The molecule has 7 nitrogen and oxygen atoms in total. The Kier molecular flexibility index (Phi) is 4.16. The maximum Gasteiger partial charge on any atom is 0.321 e. The minimum Gasteiger partial charge on any atom is -0.481 e. The van der Waals surface area contributed by atoms with Gasteiger partial charge in [-0.2, -0.15) is 0 Å². The monoisotopic (exact) mass is 278 g/mol. The number of hydrogen-bond acceptors (Lipinski definition) is 4. The third-order valence-corrected chi connectivity index (χ3v) is 3.81. The van der Waals surface area contributed by atoms with Crippen LogP contribution in [0.4, 0.5) is 10.5 Å². The predicted molar refractivity (Wildman–Crippen MR) is 72.2 cm³/mol. The highest BCUT2D eigenvalue weighted by atomic mass is 16.4. The molecule has 0 bridgehead atoms. The smallest absolute Gasteiger partial charge is 0.321 e. The van der Waals surface area contributed by atoms with Crippen molar-refractivity contribution in [1.82, 2.24) is 14.9 Å². The SMILES string of the molecule is CCC1(C(=O)O)CCCN(C(=O)Nc2cncnc2)C1. The zero-order chi connectivity index (χ0) is 14.6. The van der Waals surface area contributed by atoms with Crippen molar-refractivity contribution >= 4 is 17.7 Å². The van der Waals surface area contributed by atoms with Crippen molar-refractivity contribution in [2.24, 2.45) is 5.41 Å². The van der Waals surface area contributed by atoms with Crippen molar-refractivity contribution in [1.29, 1.82) is 0 Å². The lowest BCUT2D eigenvalue weighted by molar-refractivity contribution is -0.152. The molecule has 0 aromatic carbocycles. The molecule has 1 fully saturated rings. The zero-order valence-electron chi connectivity index (χ0n) is 11.4. The molecule has 108 valence electrons. The third kappa shape index (κ3) is 2.87. The lowest BCUT2D eigenvalue weighted by atomic mass is 9.78. The number of carboxylic acids is 1. The molecule has 2 N–H and O–H groups in total. The normalized spacial score (nSPS) is 22.4. The standard InChI is InChI=1S/C13H18N4O3/c1-2-13(11(18)19)4-3-5-17(8-13)12(20)16-10-6-14-9-15-7-10/h6-7,9H,2-5,8H2,1H3,(H,16,20)(H,18,19). The van der Waals surface area contributed by atoms with Crippen molar-refractivity contribution < 1.29 is 14.7 Å². The van der Waals surface area contributed by atoms with Gasteiger partial charge in [-0.15, -0.1) is 0 Å². The van der Waals surface area contributed by atoms with E-state index in [1.165, 1.54) is 18.7 Å². The summed E-state index contributed by atoms with van der Waals surface area (Å²) in [6.07, 6.45) is 6.19. The van der Waals surface area contributed by atoms with Gasteiger partial charge in [-0.3, -0.25) is 4.79 Å². The number of rotatable bonds is 3. The zero-order valence-corrected chi connectivity index (χ0v) is 11.4. The number of piperidine rings is 1. The molecule has 2 amide bonds. The van der Waals surface area contributed by atoms with E-state index >= 15 is 0 Å². The van der Waals surface area contributed by atoms with Gasteiger partial charge in [0, 0.05) is 13.1 Å². The summed E-state index contributed by atoms with van der Waals surface area (Å²) in [6, 6.07) is -0.307. The Labute approximate surface area is 117 Å². The second-order valence-electron chi connectivity index (χ2n) is 5.02. The fourth-order valence-electron chi connectivity index (χ4n) is 2.49. The number of anilines is 1. The molecule has 20 heavy (non-hydrogen) atoms. The first-order chi connectivity index (χ1) is 9.57. The van der Waals surface area contributed by atoms with Crippen molar-refractivity contribution in [2.75, 3.05) is 18.4 Å². The van der Waals surface area contributed by atoms with Crippen LogP contribution in [0, 0.1) is 5.41 Å². The minimum atomic E-state index is -0.833. The van der Waals surface area contributed by atoms with E-state index in [0.717, 1.165) is 0 Å². The van der Waals surface area contributed by atoms with E-state index in [0.29, 0.717) is 31.5 Å². The predicted octanol–water partition coefficient (Wildman–Crippen LogP) is 1.59. The van der Waals surface area contributed by atoms with Gasteiger partial charge in [-0.1, -0.05) is 6.92 Å². The molecule has 2 heterocycles. The van der Waals surface area contributed by atoms with Crippen molar-refractivity contribution in [3.63, 3.8) is 0 Å². The van der Waals surface area contributed by atoms with Crippen LogP contribution >= 0.6 is 0 Å². The molecule has 0 spiro atoms. The number of urea groups is 1. The van der Waals surface area contributed by atoms with Crippen molar-refractivity contribution in [2.45, 2.75) is 26.2 Å². The molecule has 1 aliphatic rings. The van der Waals surface area contributed by atoms with Gasteiger partial charge in [0.05, 0.1) is 23.5 Å². The van der Waals surface area contributed by atoms with Crippen LogP contribution in [0.3, 0.4) is 0 Å². The van der Waals surface area contributed by atoms with Crippen LogP contribution in [0.15, 0.2) is 18.7 Å². The maximum absolute atomic E-state index is 12.2. The Bertz CT molecular complexity index is 494. The first kappa shape index (κ1) is 14.2. The summed E-state index contributed by atoms with van der Waals surface area (Å²) in [5.74, 6) is -0.833. The van der Waals surface area contributed by atoms with Crippen LogP contribution < -0.4 is 5.32 Å². The van der Waals surface area contributed by atoms with Crippen LogP contribution in [-0.2, 0) is 4.79 Å². The fourth-order valence-corrected chi connectivity index (χ4v) is 2.49. The number of nitrogens with one attached hydrogen (secondary N) is 1. The Balaban J connectivity index is 2.05. The van der Waals surface area contributed by atoms with Gasteiger partial charge >= 0.3 is 12.0 Å². The van der Waals surface area contributed by atoms with E-state index < -0.39 is 11.4 Å². The highest BCUT2D eigenvalue weighted by Gasteiger charge is 2.42. The second kappa shape index (κ2) is 5.85. The van der Waals surface area contributed by atoms with Gasteiger partial charge in [-0.05, 0) is 19.3 Å². The number of likely N-dealkylation sites (tertiary alicyclic amines) is 1. The summed E-state index contributed by atoms with van der Waals surface area (Å²) >= 11 is 0. The van der Waals surface area contributed by atoms with Gasteiger partial charge in [0.25, 0.3) is 0 Å². The van der Waals surface area contributed by atoms with Crippen LogP contribution in [0.1, 0.15) is 26.2 Å². The lowest BCUT2D eigenvalue weighted by Crippen LogP contribution is -2.50. The second-order valence-corrected chi connectivity index (χ2v) is 5.02. The summed E-state index contributed by atoms with van der Waals surface area (Å²) < 4.78 is 0. The molecule has 7 heteroatoms. The van der Waals surface area contributed by atoms with E-state index in [2.05, 4.69) is 15.3 Å². The number of amides is 2. The van der Waals surface area contributed by atoms with Gasteiger partial charge in [0.1, 0.15) is 6.33 Å². The van der Waals surface area contributed by atoms with E-state index in [9.17, 15) is 14.7 Å². The summed E-state index contributed by atoms with van der Waals surface area (Å²) in [4.78, 5) is 32.8. The Morgan fingerprint density at radius 3 is 2.75 bits per heavy atom. The molecule has 0 aliphatic carbocycles. The van der Waals surface area contributed by atoms with E-state index in [4.69, 9.17) is 0 Å². The maximum atomic E-state index is 12.2. The Hall–Kier alpha value is -2.18. The number of carboxylic acid groups (broad SMARTS) is 1. The first-order valence-electron chi connectivity index (χ1n) is 6.62. The first-order valence-corrected chi connectivity index (χ1v) is 6.62. The molecule has 1 atom stereocenters. The minimum absolute atomic E-state index is 0.234. The molecule has 0 radical (unpaired) electrons. The number of hydrogen-bond donors (Lipinski definition) is 2. The van der Waals surface area contributed by atoms with Crippen LogP contribution in [0.5, 0.6) is 0 Å². The summed E-state index contributed by atoms with van der Waals surface area (Å²) in [5, 5.41) is 12.1. The van der Waals surface area contributed by atoms with Crippen molar-refractivity contribution in [3.8, 4) is 0 Å². The molecule has 1 saturated heterocycles. The van der Waals surface area contributed by atoms with Gasteiger partial charge in [0.2, 0.25) is 0 Å². The quantitative estimate of drug-likeness (QED) is 0.875. The molecular formula is C13H18N4O3. The van der Waals surface area contributed by atoms with E-state index in [-0.39, 0.29) is 12.6 Å². The molecule has 2 rings (SSSR count). The molecule has 0 saturated carbocycles. The molecular weight excluding hydrogens is 260 g/mol.